The molecule has 38 heavy (non-hydrogen) atoms. The predicted octanol–water partition coefficient (Wildman–Crippen LogP) is 0.528. The standard InChI is InChI=1S/C28H30O10/c1-23-10-18-25(3)28-19(23)20(31)27(38-28,35-11-15(23)21(32)36-18)14-9-16(29)13-5-4-6-17(30)24(13,2)12(14)7-8-26(28,34)22(33)37-25/h4-6,12,14-16,18-19,29,34H,7-11H2,1-3H3/t12-,14+,15-,16+,18-,19+,23?,24-,25+,26+,27+,28?/m0/s1. The first-order valence-corrected chi connectivity index (χ1v) is 13.5. The number of esters is 2. The van der Waals surface area contributed by atoms with Crippen molar-refractivity contribution >= 4 is 23.5 Å². The Morgan fingerprint density at radius 3 is 2.61 bits per heavy atom. The summed E-state index contributed by atoms with van der Waals surface area (Å²) >= 11 is 0. The van der Waals surface area contributed by atoms with E-state index in [1.807, 2.05) is 6.92 Å². The number of allylic oxidation sites excluding steroid dienone is 3. The Labute approximate surface area is 218 Å². The van der Waals surface area contributed by atoms with Crippen molar-refractivity contribution < 1.29 is 48.3 Å². The van der Waals surface area contributed by atoms with Crippen LogP contribution in [0.1, 0.15) is 46.5 Å². The van der Waals surface area contributed by atoms with Crippen molar-refractivity contribution in [1.29, 1.82) is 0 Å². The van der Waals surface area contributed by atoms with Crippen LogP contribution in [-0.2, 0) is 38.1 Å². The molecule has 5 aliphatic heterocycles. The number of aliphatic hydroxyl groups excluding tert-OH is 1. The smallest absolute Gasteiger partial charge is 0.342 e. The van der Waals surface area contributed by atoms with E-state index in [1.54, 1.807) is 26.0 Å². The maximum absolute atomic E-state index is 14.9. The Hall–Kier alpha value is -2.40. The number of Topliss-reactive ketones (excluding diaryl/α,β-unsaturated/α-hetero) is 1. The lowest BCUT2D eigenvalue weighted by atomic mass is 9.46. The molecule has 8 aliphatic rings. The lowest BCUT2D eigenvalue weighted by Crippen LogP contribution is -2.79. The molecule has 0 radical (unpaired) electrons. The quantitative estimate of drug-likeness (QED) is 0.429. The van der Waals surface area contributed by atoms with Crippen LogP contribution in [0.3, 0.4) is 0 Å². The molecular formula is C28H30O10. The molecule has 2 unspecified atom stereocenters. The summed E-state index contributed by atoms with van der Waals surface area (Å²) in [6, 6.07) is 0. The molecule has 5 saturated heterocycles. The van der Waals surface area contributed by atoms with Crippen LogP contribution < -0.4 is 0 Å². The van der Waals surface area contributed by atoms with Crippen LogP contribution in [0.25, 0.3) is 0 Å². The van der Waals surface area contributed by atoms with Crippen molar-refractivity contribution in [2.75, 3.05) is 6.61 Å². The van der Waals surface area contributed by atoms with Gasteiger partial charge < -0.3 is 29.2 Å². The average Bonchev–Trinajstić information content (AvgIpc) is 3.17. The van der Waals surface area contributed by atoms with Gasteiger partial charge in [0.15, 0.2) is 28.4 Å². The summed E-state index contributed by atoms with van der Waals surface area (Å²) in [5, 5.41) is 23.7. The number of fused-ring (bicyclic) bond motifs is 5. The second-order valence-corrected chi connectivity index (χ2v) is 13.2. The van der Waals surface area contributed by atoms with Gasteiger partial charge in [-0.25, -0.2) is 4.79 Å². The van der Waals surface area contributed by atoms with Gasteiger partial charge in [-0.05, 0) is 62.5 Å². The lowest BCUT2D eigenvalue weighted by molar-refractivity contribution is -0.376. The zero-order chi connectivity index (χ0) is 26.8. The number of hydrogen-bond acceptors (Lipinski definition) is 10. The monoisotopic (exact) mass is 526 g/mol. The van der Waals surface area contributed by atoms with Gasteiger partial charge in [0.05, 0.1) is 30.0 Å². The third-order valence-electron chi connectivity index (χ3n) is 12.0. The van der Waals surface area contributed by atoms with E-state index in [4.69, 9.17) is 18.9 Å². The van der Waals surface area contributed by atoms with Gasteiger partial charge in [-0.15, -0.1) is 0 Å². The van der Waals surface area contributed by atoms with E-state index >= 15 is 0 Å². The zero-order valence-corrected chi connectivity index (χ0v) is 21.4. The molecule has 10 heteroatoms. The minimum absolute atomic E-state index is 0.0843. The predicted molar refractivity (Wildman–Crippen MR) is 124 cm³/mol. The first kappa shape index (κ1) is 23.5. The van der Waals surface area contributed by atoms with Crippen molar-refractivity contribution in [1.82, 2.24) is 0 Å². The molecule has 5 heterocycles. The van der Waals surface area contributed by atoms with Crippen LogP contribution in [0.2, 0.25) is 0 Å². The minimum Gasteiger partial charge on any atom is -0.458 e. The summed E-state index contributed by atoms with van der Waals surface area (Å²) in [5.74, 6) is -7.45. The molecule has 12 atom stereocenters. The van der Waals surface area contributed by atoms with Crippen molar-refractivity contribution in [2.24, 2.45) is 34.5 Å². The van der Waals surface area contributed by atoms with Gasteiger partial charge in [-0.1, -0.05) is 19.1 Å². The van der Waals surface area contributed by atoms with E-state index in [1.165, 1.54) is 6.08 Å². The van der Waals surface area contributed by atoms with Gasteiger partial charge in [-0.3, -0.25) is 14.4 Å². The van der Waals surface area contributed by atoms with E-state index in [2.05, 4.69) is 0 Å². The highest BCUT2D eigenvalue weighted by Crippen LogP contribution is 2.75. The maximum Gasteiger partial charge on any atom is 0.342 e. The SMILES string of the molecule is CC12C[C@@H]3OC(=O)[C@@H]1CO[C@]14OC5([C@@H]2C1=O)[C@@](O)(CC[C@H]1[C@H]4C[C@@H](O)C2=CC=CC(=O)[C@]21C)C(=O)O[C@]35C. The van der Waals surface area contributed by atoms with Gasteiger partial charge in [0.2, 0.25) is 5.79 Å². The number of rotatable bonds is 0. The summed E-state index contributed by atoms with van der Waals surface area (Å²) in [6.45, 7) is 4.98. The highest BCUT2D eigenvalue weighted by molar-refractivity contribution is 6.01. The van der Waals surface area contributed by atoms with Gasteiger partial charge in [-0.2, -0.15) is 0 Å². The Bertz CT molecular complexity index is 1330. The minimum atomic E-state index is -2.24. The van der Waals surface area contributed by atoms with Crippen molar-refractivity contribution in [3.63, 3.8) is 0 Å². The van der Waals surface area contributed by atoms with Gasteiger partial charge in [0.25, 0.3) is 0 Å². The van der Waals surface area contributed by atoms with Crippen LogP contribution in [0, 0.1) is 34.5 Å². The Morgan fingerprint density at radius 1 is 1.08 bits per heavy atom. The van der Waals surface area contributed by atoms with Gasteiger partial charge in [0.1, 0.15) is 6.10 Å². The lowest BCUT2D eigenvalue weighted by Gasteiger charge is -2.63. The Morgan fingerprint density at radius 2 is 1.84 bits per heavy atom. The third-order valence-corrected chi connectivity index (χ3v) is 12.0. The fourth-order valence-corrected chi connectivity index (χ4v) is 10.1. The normalized spacial score (nSPS) is 59.2. The summed E-state index contributed by atoms with van der Waals surface area (Å²) in [7, 11) is 0. The van der Waals surface area contributed by atoms with Crippen LogP contribution in [0.15, 0.2) is 23.8 Å². The number of carbonyl (C=O) groups is 4. The summed E-state index contributed by atoms with van der Waals surface area (Å²) in [6.07, 6.45) is 3.22. The van der Waals surface area contributed by atoms with Crippen LogP contribution in [0.5, 0.6) is 0 Å². The molecule has 5 bridgehead atoms. The van der Waals surface area contributed by atoms with Crippen molar-refractivity contribution in [3.05, 3.63) is 23.8 Å². The first-order valence-electron chi connectivity index (χ1n) is 13.5. The zero-order valence-electron chi connectivity index (χ0n) is 21.4. The molecule has 2 spiro atoms. The van der Waals surface area contributed by atoms with E-state index in [0.29, 0.717) is 5.57 Å². The fraction of sp³-hybridized carbons (Fsp3) is 0.714. The fourth-order valence-electron chi connectivity index (χ4n) is 10.1. The van der Waals surface area contributed by atoms with Crippen LogP contribution >= 0.6 is 0 Å². The number of hydrogen-bond donors (Lipinski definition) is 2. The van der Waals surface area contributed by atoms with E-state index < -0.39 is 87.0 Å². The summed E-state index contributed by atoms with van der Waals surface area (Å²) < 4.78 is 25.0. The molecule has 2 N–H and O–H groups in total. The summed E-state index contributed by atoms with van der Waals surface area (Å²) in [5.41, 5.74) is -7.44. The number of aliphatic hydroxyl groups is 2. The molecular weight excluding hydrogens is 496 g/mol. The second-order valence-electron chi connectivity index (χ2n) is 13.2. The van der Waals surface area contributed by atoms with E-state index in [0.717, 1.165) is 0 Å². The number of ether oxygens (including phenoxy) is 4. The first-order chi connectivity index (χ1) is 17.8. The average molecular weight is 527 g/mol. The van der Waals surface area contributed by atoms with E-state index in [9.17, 15) is 29.4 Å². The van der Waals surface area contributed by atoms with Crippen LogP contribution in [0.4, 0.5) is 0 Å². The highest BCUT2D eigenvalue weighted by Gasteiger charge is 2.93. The van der Waals surface area contributed by atoms with Crippen molar-refractivity contribution in [3.8, 4) is 0 Å². The topological polar surface area (TPSA) is 146 Å². The third kappa shape index (κ3) is 2.00. The molecule has 2 saturated carbocycles. The molecule has 202 valence electrons. The largest absolute Gasteiger partial charge is 0.458 e. The van der Waals surface area contributed by atoms with Gasteiger partial charge in [0, 0.05) is 5.92 Å². The summed E-state index contributed by atoms with van der Waals surface area (Å²) in [4.78, 5) is 55.3. The molecule has 0 aromatic rings. The Balaban J connectivity index is 1.43. The van der Waals surface area contributed by atoms with E-state index in [-0.39, 0.29) is 38.1 Å². The molecule has 10 nitrogen and oxygen atoms in total. The molecule has 3 aliphatic carbocycles. The Kier molecular flexibility index (Phi) is 3.91. The molecule has 0 amide bonds. The molecule has 8 rings (SSSR count). The highest BCUT2D eigenvalue weighted by atomic mass is 16.8. The molecule has 0 aromatic heterocycles. The molecule has 7 fully saturated rings. The maximum atomic E-state index is 14.9. The van der Waals surface area contributed by atoms with Crippen molar-refractivity contribution in [2.45, 2.75) is 81.3 Å². The molecule has 0 aromatic carbocycles. The number of carbonyl (C=O) groups excluding carboxylic acids is 4. The van der Waals surface area contributed by atoms with Crippen LogP contribution in [-0.4, -0.2) is 75.1 Å². The van der Waals surface area contributed by atoms with Gasteiger partial charge >= 0.3 is 11.9 Å². The number of ketones is 2. The second kappa shape index (κ2) is 6.32.